The summed E-state index contributed by atoms with van der Waals surface area (Å²) in [6.45, 7) is 4.26. The van der Waals surface area contributed by atoms with Gasteiger partial charge in [-0.1, -0.05) is 18.2 Å². The summed E-state index contributed by atoms with van der Waals surface area (Å²) in [6, 6.07) is 14.4. The van der Waals surface area contributed by atoms with E-state index in [4.69, 9.17) is 0 Å². The van der Waals surface area contributed by atoms with Gasteiger partial charge in [0, 0.05) is 29.6 Å². The Morgan fingerprint density at radius 2 is 1.96 bits per heavy atom. The van der Waals surface area contributed by atoms with Crippen molar-refractivity contribution in [3.63, 3.8) is 0 Å². The molecule has 0 radical (unpaired) electrons. The van der Waals surface area contributed by atoms with Crippen LogP contribution >= 0.6 is 0 Å². The van der Waals surface area contributed by atoms with Crippen LogP contribution in [0.2, 0.25) is 0 Å². The highest BCUT2D eigenvalue weighted by Gasteiger charge is 2.15. The van der Waals surface area contributed by atoms with Crippen LogP contribution in [0.5, 0.6) is 0 Å². The first-order chi connectivity index (χ1) is 12.7. The zero-order valence-electron chi connectivity index (χ0n) is 14.6. The van der Waals surface area contributed by atoms with Gasteiger partial charge in [0.05, 0.1) is 40.9 Å². The maximum absolute atomic E-state index is 9.64. The Kier molecular flexibility index (Phi) is 3.94. The largest absolute Gasteiger partial charge is 0.328 e. The molecule has 0 fully saturated rings. The third-order valence-corrected chi connectivity index (χ3v) is 4.44. The van der Waals surface area contributed by atoms with E-state index in [1.165, 1.54) is 0 Å². The Labute approximate surface area is 151 Å². The van der Waals surface area contributed by atoms with Gasteiger partial charge in [-0.2, -0.15) is 5.26 Å². The van der Waals surface area contributed by atoms with Crippen molar-refractivity contribution < 1.29 is 0 Å². The second-order valence-electron chi connectivity index (χ2n) is 6.38. The Hall–Kier alpha value is -3.52. The van der Waals surface area contributed by atoms with Crippen molar-refractivity contribution >= 4 is 11.0 Å². The van der Waals surface area contributed by atoms with Gasteiger partial charge in [-0.05, 0) is 37.6 Å². The molecule has 0 spiro atoms. The normalized spacial score (nSPS) is 11.0. The Bertz CT molecular complexity index is 1120. The topological polar surface area (TPSA) is 67.4 Å². The minimum Gasteiger partial charge on any atom is -0.328 e. The third-order valence-electron chi connectivity index (χ3n) is 4.44. The molecule has 0 unspecified atom stereocenters. The van der Waals surface area contributed by atoms with Crippen LogP contribution in [0.4, 0.5) is 0 Å². The SMILES string of the molecule is CC(C)n1cnc2cc(-c3c(C#N)cccc3-c3cnccn3)ccc21. The number of hydrogen-bond donors (Lipinski definition) is 0. The molecule has 0 aliphatic carbocycles. The minimum atomic E-state index is 0.340. The number of imidazole rings is 1. The van der Waals surface area contributed by atoms with Crippen LogP contribution in [-0.2, 0) is 0 Å². The molecular formula is C21H17N5. The second kappa shape index (κ2) is 6.41. The van der Waals surface area contributed by atoms with Crippen molar-refractivity contribution in [2.75, 3.05) is 0 Å². The number of rotatable bonds is 3. The van der Waals surface area contributed by atoms with Crippen molar-refractivity contribution in [1.29, 1.82) is 5.26 Å². The Morgan fingerprint density at radius 1 is 1.08 bits per heavy atom. The molecule has 5 heteroatoms. The van der Waals surface area contributed by atoms with E-state index in [2.05, 4.69) is 45.5 Å². The highest BCUT2D eigenvalue weighted by atomic mass is 15.1. The van der Waals surface area contributed by atoms with Crippen molar-refractivity contribution in [1.82, 2.24) is 19.5 Å². The summed E-state index contributed by atoms with van der Waals surface area (Å²) in [6.07, 6.45) is 6.87. The smallest absolute Gasteiger partial charge is 0.0998 e. The quantitative estimate of drug-likeness (QED) is 0.546. The van der Waals surface area contributed by atoms with E-state index in [0.29, 0.717) is 11.6 Å². The minimum absolute atomic E-state index is 0.340. The predicted octanol–water partition coefficient (Wildman–Crippen LogP) is 4.61. The molecule has 0 bridgehead atoms. The van der Waals surface area contributed by atoms with Gasteiger partial charge in [0.2, 0.25) is 0 Å². The summed E-state index contributed by atoms with van der Waals surface area (Å²) < 4.78 is 2.14. The lowest BCUT2D eigenvalue weighted by molar-refractivity contribution is 0.617. The zero-order valence-corrected chi connectivity index (χ0v) is 14.6. The van der Waals surface area contributed by atoms with Gasteiger partial charge in [0.25, 0.3) is 0 Å². The molecule has 4 aromatic rings. The molecule has 0 amide bonds. The van der Waals surface area contributed by atoms with Crippen molar-refractivity contribution in [2.45, 2.75) is 19.9 Å². The molecule has 0 N–H and O–H groups in total. The van der Waals surface area contributed by atoms with Crippen LogP contribution < -0.4 is 0 Å². The number of benzene rings is 2. The maximum atomic E-state index is 9.64. The van der Waals surface area contributed by atoms with Crippen LogP contribution in [0.15, 0.2) is 61.3 Å². The molecule has 0 saturated carbocycles. The van der Waals surface area contributed by atoms with Gasteiger partial charge in [0.15, 0.2) is 0 Å². The van der Waals surface area contributed by atoms with Gasteiger partial charge < -0.3 is 4.57 Å². The molecule has 0 aliphatic heterocycles. The summed E-state index contributed by atoms with van der Waals surface area (Å²) in [5.41, 5.74) is 6.04. The molecule has 4 rings (SSSR count). The van der Waals surface area contributed by atoms with Gasteiger partial charge in [0.1, 0.15) is 0 Å². The van der Waals surface area contributed by atoms with E-state index in [0.717, 1.165) is 33.4 Å². The lowest BCUT2D eigenvalue weighted by Crippen LogP contribution is -1.98. The first-order valence-electron chi connectivity index (χ1n) is 8.45. The molecule has 2 heterocycles. The van der Waals surface area contributed by atoms with Crippen molar-refractivity contribution in [2.24, 2.45) is 0 Å². The first-order valence-corrected chi connectivity index (χ1v) is 8.45. The molecule has 126 valence electrons. The van der Waals surface area contributed by atoms with Crippen LogP contribution in [0, 0.1) is 11.3 Å². The summed E-state index contributed by atoms with van der Waals surface area (Å²) in [4.78, 5) is 13.1. The number of aromatic nitrogens is 4. The van der Waals surface area contributed by atoms with E-state index in [-0.39, 0.29) is 0 Å². The molecule has 0 atom stereocenters. The molecular weight excluding hydrogens is 322 g/mol. The molecule has 2 aromatic carbocycles. The summed E-state index contributed by atoms with van der Waals surface area (Å²) in [5, 5.41) is 9.64. The summed E-state index contributed by atoms with van der Waals surface area (Å²) in [5.74, 6) is 0. The predicted molar refractivity (Wildman–Crippen MR) is 101 cm³/mol. The summed E-state index contributed by atoms with van der Waals surface area (Å²) in [7, 11) is 0. The fourth-order valence-corrected chi connectivity index (χ4v) is 3.21. The van der Waals surface area contributed by atoms with E-state index in [1.807, 2.05) is 36.7 Å². The van der Waals surface area contributed by atoms with E-state index in [1.54, 1.807) is 18.6 Å². The number of nitriles is 1. The number of nitrogens with zero attached hydrogens (tertiary/aromatic N) is 5. The fraction of sp³-hybridized carbons (Fsp3) is 0.143. The molecule has 0 aliphatic rings. The second-order valence-corrected chi connectivity index (χ2v) is 6.38. The van der Waals surface area contributed by atoms with Crippen LogP contribution in [-0.4, -0.2) is 19.5 Å². The van der Waals surface area contributed by atoms with Crippen LogP contribution in [0.1, 0.15) is 25.5 Å². The summed E-state index contributed by atoms with van der Waals surface area (Å²) >= 11 is 0. The Balaban J connectivity index is 1.96. The average Bonchev–Trinajstić information content (AvgIpc) is 3.11. The van der Waals surface area contributed by atoms with E-state index >= 15 is 0 Å². The van der Waals surface area contributed by atoms with Crippen LogP contribution in [0.3, 0.4) is 0 Å². The molecule has 26 heavy (non-hydrogen) atoms. The number of hydrogen-bond acceptors (Lipinski definition) is 4. The maximum Gasteiger partial charge on any atom is 0.0998 e. The standard InChI is InChI=1S/C21H17N5/c1-14(2)26-13-25-18-10-15(6-7-20(18)26)21-16(11-22)4-3-5-17(21)19-12-23-8-9-24-19/h3-10,12-14H,1-2H3. The van der Waals surface area contributed by atoms with Gasteiger partial charge in [-0.3, -0.25) is 9.97 Å². The average molecular weight is 339 g/mol. The monoisotopic (exact) mass is 339 g/mol. The van der Waals surface area contributed by atoms with Gasteiger partial charge >= 0.3 is 0 Å². The molecule has 0 saturated heterocycles. The fourth-order valence-electron chi connectivity index (χ4n) is 3.21. The zero-order chi connectivity index (χ0) is 18.1. The van der Waals surface area contributed by atoms with Gasteiger partial charge in [-0.15, -0.1) is 0 Å². The Morgan fingerprint density at radius 3 is 2.69 bits per heavy atom. The van der Waals surface area contributed by atoms with Gasteiger partial charge in [-0.25, -0.2) is 4.98 Å². The van der Waals surface area contributed by atoms with Crippen molar-refractivity contribution in [3.8, 4) is 28.5 Å². The lowest BCUT2D eigenvalue weighted by atomic mass is 9.93. The lowest BCUT2D eigenvalue weighted by Gasteiger charge is -2.12. The first kappa shape index (κ1) is 16.0. The van der Waals surface area contributed by atoms with Crippen LogP contribution in [0.25, 0.3) is 33.4 Å². The van der Waals surface area contributed by atoms with Crippen molar-refractivity contribution in [3.05, 3.63) is 66.9 Å². The molecule has 2 aromatic heterocycles. The molecule has 5 nitrogen and oxygen atoms in total. The number of fused-ring (bicyclic) bond motifs is 1. The highest BCUT2D eigenvalue weighted by Crippen LogP contribution is 2.35. The van der Waals surface area contributed by atoms with E-state index < -0.39 is 0 Å². The third kappa shape index (κ3) is 2.62. The highest BCUT2D eigenvalue weighted by molar-refractivity contribution is 5.90. The van der Waals surface area contributed by atoms with E-state index in [9.17, 15) is 5.26 Å².